The lowest BCUT2D eigenvalue weighted by Gasteiger charge is -2.12. The number of benzene rings is 1. The first-order chi connectivity index (χ1) is 14.5. The lowest BCUT2D eigenvalue weighted by Crippen LogP contribution is -2.24. The van der Waals surface area contributed by atoms with E-state index in [0.29, 0.717) is 23.0 Å². The first-order valence-electron chi connectivity index (χ1n) is 9.69. The largest absolute Gasteiger partial charge is 0.325 e. The van der Waals surface area contributed by atoms with Crippen LogP contribution in [-0.4, -0.2) is 21.2 Å². The quantitative estimate of drug-likeness (QED) is 0.445. The van der Waals surface area contributed by atoms with Gasteiger partial charge in [-0.05, 0) is 56.4 Å². The normalized spacial score (nSPS) is 13.1. The molecule has 0 saturated heterocycles. The summed E-state index contributed by atoms with van der Waals surface area (Å²) in [6, 6.07) is 6.73. The second-order valence-electron chi connectivity index (χ2n) is 6.98. The molecule has 1 aliphatic carbocycles. The summed E-state index contributed by atoms with van der Waals surface area (Å²) >= 11 is 8.87. The van der Waals surface area contributed by atoms with Crippen LogP contribution in [0.4, 0.5) is 5.69 Å². The number of halogens is 1. The van der Waals surface area contributed by atoms with Gasteiger partial charge in [-0.1, -0.05) is 23.4 Å². The van der Waals surface area contributed by atoms with Crippen molar-refractivity contribution in [1.82, 2.24) is 9.55 Å². The third-order valence-corrected chi connectivity index (χ3v) is 7.54. The van der Waals surface area contributed by atoms with E-state index in [0.717, 1.165) is 35.9 Å². The van der Waals surface area contributed by atoms with Crippen molar-refractivity contribution in [3.8, 4) is 6.07 Å². The number of fused-ring (bicyclic) bond motifs is 3. The van der Waals surface area contributed by atoms with Crippen LogP contribution in [0.25, 0.3) is 10.2 Å². The second kappa shape index (κ2) is 8.80. The Balaban J connectivity index is 1.55. The van der Waals surface area contributed by atoms with E-state index < -0.39 is 0 Å². The predicted octanol–water partition coefficient (Wildman–Crippen LogP) is 4.61. The van der Waals surface area contributed by atoms with Gasteiger partial charge < -0.3 is 5.32 Å². The van der Waals surface area contributed by atoms with Gasteiger partial charge in [0.05, 0.1) is 21.7 Å². The number of thioether (sulfide) groups is 1. The van der Waals surface area contributed by atoms with Gasteiger partial charge in [0, 0.05) is 17.1 Å². The highest BCUT2D eigenvalue weighted by Gasteiger charge is 2.22. The maximum atomic E-state index is 13.1. The van der Waals surface area contributed by atoms with Gasteiger partial charge in [-0.2, -0.15) is 5.26 Å². The summed E-state index contributed by atoms with van der Waals surface area (Å²) in [5.41, 5.74) is 2.04. The van der Waals surface area contributed by atoms with E-state index >= 15 is 0 Å². The third-order valence-electron chi connectivity index (χ3n) is 5.06. The zero-order valence-electron chi connectivity index (χ0n) is 16.3. The van der Waals surface area contributed by atoms with E-state index in [1.807, 2.05) is 13.0 Å². The number of amides is 1. The number of thiophene rings is 1. The molecule has 1 N–H and O–H groups in total. The van der Waals surface area contributed by atoms with Crippen LogP contribution in [0.5, 0.6) is 0 Å². The Morgan fingerprint density at radius 3 is 2.93 bits per heavy atom. The Kier molecular flexibility index (Phi) is 6.14. The molecule has 4 rings (SSSR count). The Morgan fingerprint density at radius 1 is 1.40 bits per heavy atom. The van der Waals surface area contributed by atoms with Gasteiger partial charge in [0.2, 0.25) is 5.91 Å². The molecular weight excluding hydrogens is 440 g/mol. The Morgan fingerprint density at radius 2 is 2.20 bits per heavy atom. The summed E-state index contributed by atoms with van der Waals surface area (Å²) in [6.45, 7) is 2.41. The number of nitrogens with zero attached hydrogens (tertiary/aromatic N) is 3. The summed E-state index contributed by atoms with van der Waals surface area (Å²) in [7, 11) is 0. The molecule has 0 fully saturated rings. The number of carbonyl (C=O) groups is 1. The monoisotopic (exact) mass is 458 g/mol. The van der Waals surface area contributed by atoms with Gasteiger partial charge in [-0.25, -0.2) is 4.98 Å². The molecule has 1 amide bonds. The smallest absolute Gasteiger partial charge is 0.263 e. The molecule has 0 saturated carbocycles. The predicted molar refractivity (Wildman–Crippen MR) is 122 cm³/mol. The van der Waals surface area contributed by atoms with Crippen LogP contribution >= 0.6 is 34.7 Å². The van der Waals surface area contributed by atoms with E-state index in [1.165, 1.54) is 22.2 Å². The number of aryl methyl sites for hydroxylation is 2. The zero-order valence-corrected chi connectivity index (χ0v) is 18.7. The Bertz CT molecular complexity index is 1240. The van der Waals surface area contributed by atoms with Crippen LogP contribution in [0.1, 0.15) is 35.8 Å². The molecule has 0 spiro atoms. The minimum absolute atomic E-state index is 0.0105. The van der Waals surface area contributed by atoms with Crippen LogP contribution in [0.3, 0.4) is 0 Å². The summed E-state index contributed by atoms with van der Waals surface area (Å²) in [5, 5.41) is 13.3. The number of nitriles is 1. The maximum Gasteiger partial charge on any atom is 0.263 e. The maximum absolute atomic E-state index is 13.1. The van der Waals surface area contributed by atoms with E-state index in [2.05, 4.69) is 5.32 Å². The van der Waals surface area contributed by atoms with E-state index in [4.69, 9.17) is 21.8 Å². The molecule has 2 heterocycles. The number of hydrogen-bond acceptors (Lipinski definition) is 6. The number of anilines is 1. The summed E-state index contributed by atoms with van der Waals surface area (Å²) < 4.78 is 1.65. The minimum atomic E-state index is -0.233. The topological polar surface area (TPSA) is 87.8 Å². The van der Waals surface area contributed by atoms with Gasteiger partial charge in [-0.15, -0.1) is 11.3 Å². The first-order valence-corrected chi connectivity index (χ1v) is 11.9. The average Bonchev–Trinajstić information content (AvgIpc) is 3.11. The van der Waals surface area contributed by atoms with Crippen molar-refractivity contribution in [3.63, 3.8) is 0 Å². The SMILES string of the molecule is CCn1c(SCC(=O)Nc2ccc(C#N)c(Cl)c2)nc2sc3c(c2c1=O)CCCC3. The molecule has 0 aliphatic heterocycles. The standard InChI is InChI=1S/C21H19ClN4O2S2/c1-2-26-20(28)18-14-5-3-4-6-16(14)30-19(18)25-21(26)29-11-17(27)24-13-8-7-12(10-23)15(22)9-13/h7-9H,2-6,11H2,1H3,(H,24,27). The van der Waals surface area contributed by atoms with Crippen LogP contribution in [-0.2, 0) is 24.2 Å². The second-order valence-corrected chi connectivity index (χ2v) is 9.41. The van der Waals surface area contributed by atoms with Gasteiger partial charge in [0.1, 0.15) is 10.9 Å². The fraction of sp³-hybridized carbons (Fsp3) is 0.333. The van der Waals surface area contributed by atoms with Gasteiger partial charge in [-0.3, -0.25) is 14.2 Å². The number of hydrogen-bond donors (Lipinski definition) is 1. The van der Waals surface area contributed by atoms with E-state index in [1.54, 1.807) is 34.1 Å². The molecule has 1 aliphatic rings. The van der Waals surface area contributed by atoms with E-state index in [-0.39, 0.29) is 22.2 Å². The van der Waals surface area contributed by atoms with Crippen molar-refractivity contribution in [1.29, 1.82) is 5.26 Å². The molecule has 0 atom stereocenters. The Hall–Kier alpha value is -2.34. The molecule has 154 valence electrons. The van der Waals surface area contributed by atoms with Crippen LogP contribution < -0.4 is 10.9 Å². The van der Waals surface area contributed by atoms with Crippen molar-refractivity contribution >= 4 is 56.5 Å². The molecule has 30 heavy (non-hydrogen) atoms. The summed E-state index contributed by atoms with van der Waals surface area (Å²) in [5.74, 6) is -0.121. The van der Waals surface area contributed by atoms with Crippen molar-refractivity contribution in [2.45, 2.75) is 44.3 Å². The zero-order chi connectivity index (χ0) is 21.3. The number of aromatic nitrogens is 2. The molecule has 9 heteroatoms. The molecule has 0 unspecified atom stereocenters. The molecule has 6 nitrogen and oxygen atoms in total. The average molecular weight is 459 g/mol. The van der Waals surface area contributed by atoms with Crippen molar-refractivity contribution < 1.29 is 4.79 Å². The fourth-order valence-electron chi connectivity index (χ4n) is 3.62. The number of rotatable bonds is 5. The molecule has 0 radical (unpaired) electrons. The Labute approximate surface area is 186 Å². The van der Waals surface area contributed by atoms with Gasteiger partial charge >= 0.3 is 0 Å². The molecule has 2 aromatic heterocycles. The lowest BCUT2D eigenvalue weighted by molar-refractivity contribution is -0.113. The van der Waals surface area contributed by atoms with Crippen molar-refractivity contribution in [3.05, 3.63) is 49.6 Å². The molecule has 1 aromatic carbocycles. The van der Waals surface area contributed by atoms with Crippen molar-refractivity contribution in [2.75, 3.05) is 11.1 Å². The summed E-state index contributed by atoms with van der Waals surface area (Å²) in [6.07, 6.45) is 4.22. The fourth-order valence-corrected chi connectivity index (χ4v) is 6.01. The number of nitrogens with one attached hydrogen (secondary N) is 1. The van der Waals surface area contributed by atoms with Crippen molar-refractivity contribution in [2.24, 2.45) is 0 Å². The number of carbonyl (C=O) groups excluding carboxylic acids is 1. The molecule has 3 aromatic rings. The first kappa shape index (κ1) is 20.9. The minimum Gasteiger partial charge on any atom is -0.325 e. The molecular formula is C21H19ClN4O2S2. The van der Waals surface area contributed by atoms with Gasteiger partial charge in [0.15, 0.2) is 5.16 Å². The highest BCUT2D eigenvalue weighted by Crippen LogP contribution is 2.34. The lowest BCUT2D eigenvalue weighted by atomic mass is 9.97. The van der Waals surface area contributed by atoms with E-state index in [9.17, 15) is 9.59 Å². The van der Waals surface area contributed by atoms with Crippen LogP contribution in [0.15, 0.2) is 28.2 Å². The highest BCUT2D eigenvalue weighted by atomic mass is 35.5. The third kappa shape index (κ3) is 3.97. The van der Waals surface area contributed by atoms with Crippen LogP contribution in [0, 0.1) is 11.3 Å². The van der Waals surface area contributed by atoms with Crippen LogP contribution in [0.2, 0.25) is 5.02 Å². The highest BCUT2D eigenvalue weighted by molar-refractivity contribution is 7.99. The van der Waals surface area contributed by atoms with Gasteiger partial charge in [0.25, 0.3) is 5.56 Å². The summed E-state index contributed by atoms with van der Waals surface area (Å²) in [4.78, 5) is 32.3. The molecule has 0 bridgehead atoms.